The van der Waals surface area contributed by atoms with Gasteiger partial charge >= 0.3 is 0 Å². The first-order valence-electron chi connectivity index (χ1n) is 7.74. The average Bonchev–Trinajstić information content (AvgIpc) is 3.12. The van der Waals surface area contributed by atoms with E-state index in [1.54, 1.807) is 17.9 Å². The molecule has 0 aliphatic carbocycles. The van der Waals surface area contributed by atoms with E-state index in [4.69, 9.17) is 25.7 Å². The maximum Gasteiger partial charge on any atom is 0.292 e. The second kappa shape index (κ2) is 5.33. The molecule has 3 aromatic heterocycles. The molecule has 0 saturated carbocycles. The van der Waals surface area contributed by atoms with Crippen molar-refractivity contribution in [1.82, 2.24) is 24.7 Å². The molecule has 0 bridgehead atoms. The van der Waals surface area contributed by atoms with Crippen LogP contribution in [0.1, 0.15) is 19.9 Å². The minimum atomic E-state index is 0.0849. The van der Waals surface area contributed by atoms with Crippen molar-refractivity contribution in [3.63, 3.8) is 0 Å². The van der Waals surface area contributed by atoms with Gasteiger partial charge in [-0.25, -0.2) is 4.68 Å². The highest BCUT2D eigenvalue weighted by atomic mass is 16.5. The molecule has 0 aliphatic heterocycles. The zero-order valence-corrected chi connectivity index (χ0v) is 14.0. The Hall–Kier alpha value is -3.36. The fraction of sp³-hybridized carbons (Fsp3) is 0.250. The van der Waals surface area contributed by atoms with E-state index in [0.717, 1.165) is 5.56 Å². The van der Waals surface area contributed by atoms with Crippen molar-refractivity contribution < 1.29 is 9.15 Å². The molecule has 0 aliphatic rings. The number of aromatic nitrogens is 5. The Labute approximate surface area is 142 Å². The molecule has 0 atom stereocenters. The van der Waals surface area contributed by atoms with Crippen LogP contribution in [0.4, 0.5) is 12.0 Å². The lowest BCUT2D eigenvalue weighted by Crippen LogP contribution is -2.05. The number of nitrogens with zero attached hydrogens (tertiary/aromatic N) is 5. The second-order valence-electron chi connectivity index (χ2n) is 5.91. The first-order valence-corrected chi connectivity index (χ1v) is 7.74. The molecule has 0 unspecified atom stereocenters. The minimum Gasteiger partial charge on any atom is -0.480 e. The molecule has 9 nitrogen and oxygen atoms in total. The summed E-state index contributed by atoms with van der Waals surface area (Å²) >= 11 is 0. The summed E-state index contributed by atoms with van der Waals surface area (Å²) in [5, 5.41) is 5.41. The first-order chi connectivity index (χ1) is 12.0. The minimum absolute atomic E-state index is 0.0849. The lowest BCUT2D eigenvalue weighted by atomic mass is 10.1. The average molecular weight is 339 g/mol. The highest BCUT2D eigenvalue weighted by Crippen LogP contribution is 2.35. The molecular formula is C16H17N7O2. The summed E-state index contributed by atoms with van der Waals surface area (Å²) < 4.78 is 12.5. The van der Waals surface area contributed by atoms with Gasteiger partial charge in [-0.15, -0.1) is 0 Å². The van der Waals surface area contributed by atoms with Crippen LogP contribution in [0.2, 0.25) is 0 Å². The van der Waals surface area contributed by atoms with E-state index < -0.39 is 0 Å². The van der Waals surface area contributed by atoms with Crippen LogP contribution in [-0.4, -0.2) is 31.8 Å². The maximum absolute atomic E-state index is 5.81. The normalized spacial score (nSPS) is 11.7. The van der Waals surface area contributed by atoms with Crippen molar-refractivity contribution in [2.75, 3.05) is 18.6 Å². The van der Waals surface area contributed by atoms with Gasteiger partial charge in [-0.2, -0.15) is 20.1 Å². The zero-order chi connectivity index (χ0) is 17.7. The Bertz CT molecular complexity index is 1100. The molecule has 3 heterocycles. The number of anilines is 2. The third-order valence-corrected chi connectivity index (χ3v) is 3.90. The predicted molar refractivity (Wildman–Crippen MR) is 94.1 cm³/mol. The lowest BCUT2D eigenvalue weighted by Gasteiger charge is -2.07. The molecule has 4 aromatic rings. The third kappa shape index (κ3) is 2.32. The SMILES string of the molecule is COc1nc(N)nc2c1c(-c1ccc3oc(N)nc3c1)nn2C(C)C. The number of oxazole rings is 1. The summed E-state index contributed by atoms with van der Waals surface area (Å²) in [7, 11) is 1.54. The van der Waals surface area contributed by atoms with Gasteiger partial charge in [0, 0.05) is 11.6 Å². The molecular weight excluding hydrogens is 322 g/mol. The number of nitrogens with two attached hydrogens (primary N) is 2. The molecule has 0 saturated heterocycles. The highest BCUT2D eigenvalue weighted by molar-refractivity contribution is 5.97. The van der Waals surface area contributed by atoms with Gasteiger partial charge in [0.05, 0.1) is 7.11 Å². The largest absolute Gasteiger partial charge is 0.480 e. The van der Waals surface area contributed by atoms with Crippen LogP contribution in [0.3, 0.4) is 0 Å². The van der Waals surface area contributed by atoms with Gasteiger partial charge in [0.1, 0.15) is 16.6 Å². The van der Waals surface area contributed by atoms with E-state index in [1.165, 1.54) is 0 Å². The molecule has 25 heavy (non-hydrogen) atoms. The number of hydrogen-bond acceptors (Lipinski definition) is 8. The van der Waals surface area contributed by atoms with Gasteiger partial charge < -0.3 is 20.6 Å². The monoisotopic (exact) mass is 339 g/mol. The number of ether oxygens (including phenoxy) is 1. The lowest BCUT2D eigenvalue weighted by molar-refractivity contribution is 0.403. The van der Waals surface area contributed by atoms with E-state index in [-0.39, 0.29) is 18.0 Å². The van der Waals surface area contributed by atoms with Crippen LogP contribution >= 0.6 is 0 Å². The van der Waals surface area contributed by atoms with Crippen molar-refractivity contribution in [1.29, 1.82) is 0 Å². The van der Waals surface area contributed by atoms with Gasteiger partial charge in [-0.3, -0.25) is 0 Å². The highest BCUT2D eigenvalue weighted by Gasteiger charge is 2.22. The fourth-order valence-electron chi connectivity index (χ4n) is 2.83. The van der Waals surface area contributed by atoms with Crippen LogP contribution in [-0.2, 0) is 0 Å². The van der Waals surface area contributed by atoms with Crippen LogP contribution in [0.5, 0.6) is 5.88 Å². The summed E-state index contributed by atoms with van der Waals surface area (Å²) in [6.45, 7) is 4.03. The molecule has 0 spiro atoms. The molecule has 0 amide bonds. The number of fused-ring (bicyclic) bond motifs is 2. The number of nitrogen functional groups attached to an aromatic ring is 2. The van der Waals surface area contributed by atoms with Gasteiger partial charge in [0.25, 0.3) is 6.01 Å². The Morgan fingerprint density at radius 2 is 1.96 bits per heavy atom. The van der Waals surface area contributed by atoms with Gasteiger partial charge in [-0.05, 0) is 32.0 Å². The number of benzene rings is 1. The topological polar surface area (TPSA) is 131 Å². The van der Waals surface area contributed by atoms with Crippen molar-refractivity contribution in [3.8, 4) is 17.1 Å². The van der Waals surface area contributed by atoms with Crippen molar-refractivity contribution >= 4 is 34.1 Å². The van der Waals surface area contributed by atoms with Gasteiger partial charge in [0.2, 0.25) is 11.8 Å². The Balaban J connectivity index is 2.05. The predicted octanol–water partition coefficient (Wildman–Crippen LogP) is 2.39. The Kier molecular flexibility index (Phi) is 3.24. The van der Waals surface area contributed by atoms with Crippen LogP contribution < -0.4 is 16.2 Å². The van der Waals surface area contributed by atoms with E-state index in [9.17, 15) is 0 Å². The first kappa shape index (κ1) is 15.2. The fourth-order valence-corrected chi connectivity index (χ4v) is 2.83. The molecule has 9 heteroatoms. The van der Waals surface area contributed by atoms with E-state index in [2.05, 4.69) is 15.0 Å². The molecule has 4 rings (SSSR count). The number of hydrogen-bond donors (Lipinski definition) is 2. The van der Waals surface area contributed by atoms with Gasteiger partial charge in [0.15, 0.2) is 11.2 Å². The summed E-state index contributed by atoms with van der Waals surface area (Å²) in [6.07, 6.45) is 0. The van der Waals surface area contributed by atoms with Gasteiger partial charge in [-0.1, -0.05) is 0 Å². The second-order valence-corrected chi connectivity index (χ2v) is 5.91. The third-order valence-electron chi connectivity index (χ3n) is 3.90. The zero-order valence-electron chi connectivity index (χ0n) is 14.0. The number of rotatable bonds is 3. The van der Waals surface area contributed by atoms with Crippen LogP contribution in [0, 0.1) is 0 Å². The molecule has 128 valence electrons. The summed E-state index contributed by atoms with van der Waals surface area (Å²) in [6, 6.07) is 5.76. The molecule has 0 fully saturated rings. The summed E-state index contributed by atoms with van der Waals surface area (Å²) in [5.74, 6) is 0.515. The van der Waals surface area contributed by atoms with Crippen LogP contribution in [0.25, 0.3) is 33.4 Å². The standard InChI is InChI=1S/C16H17N7O2/c1-7(2)23-13-11(14(24-3)21-15(17)20-13)12(22-23)8-4-5-10-9(6-8)19-16(18)25-10/h4-7H,1-3H3,(H2,18,19)(H2,17,20,21). The Morgan fingerprint density at radius 3 is 2.68 bits per heavy atom. The number of methoxy groups -OCH3 is 1. The van der Waals surface area contributed by atoms with E-state index in [0.29, 0.717) is 33.7 Å². The van der Waals surface area contributed by atoms with Crippen molar-refractivity contribution in [2.45, 2.75) is 19.9 Å². The molecule has 0 radical (unpaired) electrons. The van der Waals surface area contributed by atoms with Crippen molar-refractivity contribution in [2.24, 2.45) is 0 Å². The van der Waals surface area contributed by atoms with Crippen LogP contribution in [0.15, 0.2) is 22.6 Å². The Morgan fingerprint density at radius 1 is 1.16 bits per heavy atom. The summed E-state index contributed by atoms with van der Waals surface area (Å²) in [4.78, 5) is 12.7. The quantitative estimate of drug-likeness (QED) is 0.581. The van der Waals surface area contributed by atoms with E-state index >= 15 is 0 Å². The maximum atomic E-state index is 5.81. The van der Waals surface area contributed by atoms with Crippen molar-refractivity contribution in [3.05, 3.63) is 18.2 Å². The van der Waals surface area contributed by atoms with E-state index in [1.807, 2.05) is 26.0 Å². The smallest absolute Gasteiger partial charge is 0.292 e. The summed E-state index contributed by atoms with van der Waals surface area (Å²) in [5.41, 5.74) is 14.8. The molecule has 4 N–H and O–H groups in total. The molecule has 1 aromatic carbocycles.